The Kier molecular flexibility index (Phi) is 2.32. The van der Waals surface area contributed by atoms with Gasteiger partial charge >= 0.3 is 0 Å². The molecule has 0 aliphatic heterocycles. The van der Waals surface area contributed by atoms with E-state index in [2.05, 4.69) is 13.0 Å². The molecule has 0 bridgehead atoms. The summed E-state index contributed by atoms with van der Waals surface area (Å²) < 4.78 is 0. The Labute approximate surface area is 90.3 Å². The van der Waals surface area contributed by atoms with Crippen LogP contribution < -0.4 is 5.73 Å². The number of nitrogens with two attached hydrogens (primary N) is 1. The summed E-state index contributed by atoms with van der Waals surface area (Å²) in [7, 11) is 0. The zero-order chi connectivity index (χ0) is 10.3. The second kappa shape index (κ2) is 3.25. The summed E-state index contributed by atoms with van der Waals surface area (Å²) in [5.74, 6) is 0. The molecule has 0 heterocycles. The van der Waals surface area contributed by atoms with Crippen molar-refractivity contribution in [2.45, 2.75) is 38.6 Å². The van der Waals surface area contributed by atoms with Crippen LogP contribution in [0.4, 0.5) is 0 Å². The van der Waals surface area contributed by atoms with Gasteiger partial charge in [0, 0.05) is 10.6 Å². The van der Waals surface area contributed by atoms with Gasteiger partial charge in [0.25, 0.3) is 0 Å². The predicted octanol–water partition coefficient (Wildman–Crippen LogP) is 3.29. The molecule has 1 aromatic carbocycles. The Hall–Kier alpha value is -0.530. The molecular weight excluding hydrogens is 194 g/mol. The van der Waals surface area contributed by atoms with Gasteiger partial charge in [0.05, 0.1) is 0 Å². The van der Waals surface area contributed by atoms with Gasteiger partial charge in [-0.15, -0.1) is 0 Å². The molecular formula is C12H16ClN. The summed E-state index contributed by atoms with van der Waals surface area (Å²) >= 11 is 6.15. The van der Waals surface area contributed by atoms with Crippen molar-refractivity contribution in [2.24, 2.45) is 5.73 Å². The summed E-state index contributed by atoms with van der Waals surface area (Å²) in [6.45, 7) is 4.14. The quantitative estimate of drug-likeness (QED) is 0.755. The maximum absolute atomic E-state index is 6.25. The number of aryl methyl sites for hydroxylation is 1. The smallest absolute Gasteiger partial charge is 0.0441 e. The van der Waals surface area contributed by atoms with Gasteiger partial charge < -0.3 is 5.73 Å². The lowest BCUT2D eigenvalue weighted by Crippen LogP contribution is -2.43. The van der Waals surface area contributed by atoms with Gasteiger partial charge in [-0.3, -0.25) is 0 Å². The van der Waals surface area contributed by atoms with E-state index in [0.717, 1.165) is 17.9 Å². The predicted molar refractivity (Wildman–Crippen MR) is 60.6 cm³/mol. The Morgan fingerprint density at radius 1 is 1.29 bits per heavy atom. The minimum absolute atomic E-state index is 0.0951. The number of rotatable bonds is 1. The zero-order valence-corrected chi connectivity index (χ0v) is 9.49. The highest BCUT2D eigenvalue weighted by Crippen LogP contribution is 2.40. The van der Waals surface area contributed by atoms with Crippen molar-refractivity contribution >= 4 is 11.6 Å². The van der Waals surface area contributed by atoms with Crippen LogP contribution >= 0.6 is 11.6 Å². The fourth-order valence-electron chi connectivity index (χ4n) is 1.95. The highest BCUT2D eigenvalue weighted by molar-refractivity contribution is 6.31. The molecule has 0 saturated heterocycles. The van der Waals surface area contributed by atoms with Crippen molar-refractivity contribution in [3.63, 3.8) is 0 Å². The summed E-state index contributed by atoms with van der Waals surface area (Å²) in [6.07, 6.45) is 3.42. The Bertz CT molecular complexity index is 344. The van der Waals surface area contributed by atoms with E-state index < -0.39 is 0 Å². The van der Waals surface area contributed by atoms with E-state index in [4.69, 9.17) is 17.3 Å². The van der Waals surface area contributed by atoms with Crippen molar-refractivity contribution in [1.29, 1.82) is 0 Å². The van der Waals surface area contributed by atoms with Crippen LogP contribution in [-0.4, -0.2) is 0 Å². The molecule has 2 heteroatoms. The first-order chi connectivity index (χ1) is 6.53. The van der Waals surface area contributed by atoms with Crippen molar-refractivity contribution < 1.29 is 0 Å². The van der Waals surface area contributed by atoms with E-state index >= 15 is 0 Å². The molecule has 76 valence electrons. The molecule has 2 rings (SSSR count). The lowest BCUT2D eigenvalue weighted by Gasteiger charge is -2.39. The van der Waals surface area contributed by atoms with E-state index in [1.807, 2.05) is 13.0 Å². The van der Waals surface area contributed by atoms with Gasteiger partial charge in [-0.25, -0.2) is 0 Å². The summed E-state index contributed by atoms with van der Waals surface area (Å²) in [4.78, 5) is 0. The average molecular weight is 210 g/mol. The molecule has 1 nitrogen and oxygen atoms in total. The second-order valence-corrected chi connectivity index (χ2v) is 4.82. The van der Waals surface area contributed by atoms with Crippen LogP contribution in [0.5, 0.6) is 0 Å². The van der Waals surface area contributed by atoms with Crippen LogP contribution in [0.15, 0.2) is 12.1 Å². The van der Waals surface area contributed by atoms with Crippen molar-refractivity contribution in [3.8, 4) is 0 Å². The van der Waals surface area contributed by atoms with Crippen molar-refractivity contribution in [1.82, 2.24) is 0 Å². The standard InChI is InChI=1S/C12H16ClN/c1-8-6-10(7-11(13)9(8)2)12(14)4-3-5-12/h6-7H,3-5,14H2,1-2H3. The Balaban J connectivity index is 2.45. The molecule has 0 amide bonds. The number of hydrogen-bond donors (Lipinski definition) is 1. The van der Waals surface area contributed by atoms with Crippen LogP contribution in [0.1, 0.15) is 36.0 Å². The van der Waals surface area contributed by atoms with Crippen LogP contribution in [0.3, 0.4) is 0 Å². The van der Waals surface area contributed by atoms with Crippen LogP contribution in [0.2, 0.25) is 5.02 Å². The van der Waals surface area contributed by atoms with Crippen LogP contribution in [0, 0.1) is 13.8 Å². The van der Waals surface area contributed by atoms with Gasteiger partial charge in [0.2, 0.25) is 0 Å². The lowest BCUT2D eigenvalue weighted by molar-refractivity contribution is 0.253. The van der Waals surface area contributed by atoms with E-state index in [-0.39, 0.29) is 5.54 Å². The minimum atomic E-state index is -0.0951. The van der Waals surface area contributed by atoms with Gasteiger partial charge in [-0.1, -0.05) is 17.7 Å². The summed E-state index contributed by atoms with van der Waals surface area (Å²) in [5.41, 5.74) is 9.77. The van der Waals surface area contributed by atoms with Gasteiger partial charge in [-0.2, -0.15) is 0 Å². The van der Waals surface area contributed by atoms with Gasteiger partial charge in [0.1, 0.15) is 0 Å². The maximum atomic E-state index is 6.25. The lowest BCUT2D eigenvalue weighted by atomic mass is 9.72. The normalized spacial score (nSPS) is 19.1. The highest BCUT2D eigenvalue weighted by Gasteiger charge is 2.34. The monoisotopic (exact) mass is 209 g/mol. The maximum Gasteiger partial charge on any atom is 0.0441 e. The SMILES string of the molecule is Cc1cc(C2(N)CCC2)cc(Cl)c1C. The molecule has 0 spiro atoms. The fourth-order valence-corrected chi connectivity index (χ4v) is 2.22. The molecule has 1 aliphatic carbocycles. The molecule has 0 atom stereocenters. The van der Waals surface area contributed by atoms with Crippen molar-refractivity contribution in [3.05, 3.63) is 33.8 Å². The third kappa shape index (κ3) is 1.45. The summed E-state index contributed by atoms with van der Waals surface area (Å²) in [5, 5.41) is 0.844. The third-order valence-electron chi connectivity index (χ3n) is 3.42. The molecule has 0 unspecified atom stereocenters. The first kappa shape index (κ1) is 10.0. The van der Waals surface area contributed by atoms with Crippen LogP contribution in [0.25, 0.3) is 0 Å². The van der Waals surface area contributed by atoms with E-state index in [9.17, 15) is 0 Å². The molecule has 0 aromatic heterocycles. The van der Waals surface area contributed by atoms with Crippen molar-refractivity contribution in [2.75, 3.05) is 0 Å². The molecule has 1 fully saturated rings. The second-order valence-electron chi connectivity index (χ2n) is 4.41. The third-order valence-corrected chi connectivity index (χ3v) is 3.82. The number of halogens is 1. The molecule has 2 N–H and O–H groups in total. The van der Waals surface area contributed by atoms with E-state index in [0.29, 0.717) is 0 Å². The van der Waals surface area contributed by atoms with E-state index in [1.165, 1.54) is 23.1 Å². The number of benzene rings is 1. The topological polar surface area (TPSA) is 26.0 Å². The van der Waals surface area contributed by atoms with Gasteiger partial charge in [-0.05, 0) is 55.9 Å². The molecule has 0 radical (unpaired) electrons. The summed E-state index contributed by atoms with van der Waals surface area (Å²) in [6, 6.07) is 4.21. The minimum Gasteiger partial charge on any atom is -0.321 e. The Morgan fingerprint density at radius 3 is 2.36 bits per heavy atom. The molecule has 14 heavy (non-hydrogen) atoms. The average Bonchev–Trinajstić information content (AvgIpc) is 2.09. The molecule has 1 aliphatic rings. The van der Waals surface area contributed by atoms with E-state index in [1.54, 1.807) is 0 Å². The zero-order valence-electron chi connectivity index (χ0n) is 8.73. The van der Waals surface area contributed by atoms with Crippen LogP contribution in [-0.2, 0) is 5.54 Å². The molecule has 1 aromatic rings. The first-order valence-corrected chi connectivity index (χ1v) is 5.47. The molecule has 1 saturated carbocycles. The Morgan fingerprint density at radius 2 is 1.93 bits per heavy atom. The number of hydrogen-bond acceptors (Lipinski definition) is 1. The largest absolute Gasteiger partial charge is 0.321 e. The highest BCUT2D eigenvalue weighted by atomic mass is 35.5. The first-order valence-electron chi connectivity index (χ1n) is 5.09. The fraction of sp³-hybridized carbons (Fsp3) is 0.500. The van der Waals surface area contributed by atoms with Gasteiger partial charge in [0.15, 0.2) is 0 Å².